The minimum Gasteiger partial charge on any atom is -0.313 e. The van der Waals surface area contributed by atoms with Crippen molar-refractivity contribution < 1.29 is 0 Å². The van der Waals surface area contributed by atoms with Crippen LogP contribution < -0.4 is 37.7 Å². The average molecular weight is 515 g/mol. The third-order valence-corrected chi connectivity index (χ3v) is 9.30. The number of anilines is 3. The van der Waals surface area contributed by atoms with Gasteiger partial charge in [-0.2, -0.15) is 0 Å². The molecule has 0 unspecified atom stereocenters. The van der Waals surface area contributed by atoms with E-state index in [2.05, 4.69) is 138 Å². The van der Waals surface area contributed by atoms with Gasteiger partial charge in [0.05, 0.1) is 0 Å². The van der Waals surface area contributed by atoms with Crippen LogP contribution >= 0.6 is 0 Å². The number of benzene rings is 5. The monoisotopic (exact) mass is 515 g/mol. The summed E-state index contributed by atoms with van der Waals surface area (Å²) in [5, 5.41) is 0. The summed E-state index contributed by atoms with van der Waals surface area (Å²) in [6, 6.07) is 32.6. The van der Waals surface area contributed by atoms with E-state index in [1.807, 2.05) is 0 Å². The predicted octanol–water partition coefficient (Wildman–Crippen LogP) is 4.97. The quantitative estimate of drug-likeness (QED) is 0.294. The number of rotatable bonds is 2. The predicted molar refractivity (Wildman–Crippen MR) is 176 cm³/mol. The Labute approximate surface area is 240 Å². The summed E-state index contributed by atoms with van der Waals surface area (Å²) in [5.41, 5.74) is 21.9. The Morgan fingerprint density at radius 2 is 0.825 bits per heavy atom. The van der Waals surface area contributed by atoms with Gasteiger partial charge in [0, 0.05) is 17.1 Å². The summed E-state index contributed by atoms with van der Waals surface area (Å²) in [6.07, 6.45) is 0. The molecule has 3 heteroatoms. The summed E-state index contributed by atoms with van der Waals surface area (Å²) >= 11 is 0. The van der Waals surface area contributed by atoms with Crippen LogP contribution in [0.2, 0.25) is 0 Å². The largest absolute Gasteiger partial charge is 0.313 e. The fourth-order valence-electron chi connectivity index (χ4n) is 7.61. The van der Waals surface area contributed by atoms with E-state index < -0.39 is 0 Å². The first-order valence-electron chi connectivity index (χ1n) is 14.5. The molecule has 0 atom stereocenters. The molecule has 1 nitrogen and oxygen atoms in total. The maximum atomic E-state index is 2.60. The van der Waals surface area contributed by atoms with E-state index in [4.69, 9.17) is 0 Å². The summed E-state index contributed by atoms with van der Waals surface area (Å²) in [5.74, 6) is 0. The van der Waals surface area contributed by atoms with Crippen LogP contribution in [0.4, 0.5) is 17.1 Å². The normalized spacial score (nSPS) is 13.2. The molecule has 5 aromatic carbocycles. The van der Waals surface area contributed by atoms with Crippen LogP contribution in [0.25, 0.3) is 0 Å². The lowest BCUT2D eigenvalue weighted by atomic mass is 9.29. The molecule has 0 bridgehead atoms. The van der Waals surface area contributed by atoms with Crippen LogP contribution in [0.15, 0.2) is 84.9 Å². The highest BCUT2D eigenvalue weighted by molar-refractivity contribution is 7.02. The number of nitrogens with zero attached hydrogens (tertiary/aromatic N) is 1. The molecular formula is C37H35B2N. The van der Waals surface area contributed by atoms with E-state index in [-0.39, 0.29) is 13.4 Å². The lowest BCUT2D eigenvalue weighted by Crippen LogP contribution is -2.66. The van der Waals surface area contributed by atoms with Crippen LogP contribution in [-0.4, -0.2) is 13.4 Å². The van der Waals surface area contributed by atoms with Gasteiger partial charge >= 0.3 is 0 Å². The van der Waals surface area contributed by atoms with Crippen molar-refractivity contribution in [3.63, 3.8) is 0 Å². The van der Waals surface area contributed by atoms with Crippen LogP contribution in [0.5, 0.6) is 0 Å². The molecule has 0 saturated carbocycles. The highest BCUT2D eigenvalue weighted by atomic mass is 15.2. The van der Waals surface area contributed by atoms with Gasteiger partial charge < -0.3 is 4.90 Å². The van der Waals surface area contributed by atoms with E-state index in [1.165, 1.54) is 88.8 Å². The zero-order valence-electron chi connectivity index (χ0n) is 24.7. The van der Waals surface area contributed by atoms with Crippen molar-refractivity contribution in [1.29, 1.82) is 0 Å². The Morgan fingerprint density at radius 1 is 0.425 bits per heavy atom. The standard InChI is InChI=1S/C37H35B2N/c1-22-14-16-29-33(20-22)40-34-21-23(2)15-17-30(34)39(36-27(6)12-9-13-28(36)7)32-19-24(3)18-31(37(32)40)38(29)35-25(4)10-8-11-26(35)5/h8-21H,1-7H3. The molecule has 2 aliphatic rings. The molecule has 2 heterocycles. The van der Waals surface area contributed by atoms with E-state index in [0.717, 1.165) is 0 Å². The molecule has 5 aromatic rings. The highest BCUT2D eigenvalue weighted by Gasteiger charge is 2.44. The SMILES string of the molecule is Cc1cc2c3c(c1)B(c1c(C)cccc1C)c1ccc(C)cc1N3c1cc(C)ccc1B2c1c(C)cccc1C. The summed E-state index contributed by atoms with van der Waals surface area (Å²) in [4.78, 5) is 2.60. The molecule has 40 heavy (non-hydrogen) atoms. The second kappa shape index (κ2) is 9.03. The molecule has 0 radical (unpaired) electrons. The molecule has 0 fully saturated rings. The van der Waals surface area contributed by atoms with Gasteiger partial charge in [0.2, 0.25) is 13.4 Å². The van der Waals surface area contributed by atoms with Crippen molar-refractivity contribution in [3.8, 4) is 0 Å². The van der Waals surface area contributed by atoms with Crippen molar-refractivity contribution in [1.82, 2.24) is 0 Å². The van der Waals surface area contributed by atoms with Crippen molar-refractivity contribution in [2.24, 2.45) is 0 Å². The van der Waals surface area contributed by atoms with Crippen LogP contribution in [0, 0.1) is 48.5 Å². The first kappa shape index (κ1) is 25.0. The molecule has 0 aliphatic carbocycles. The Hall–Kier alpha value is -3.97. The van der Waals surface area contributed by atoms with Crippen LogP contribution in [-0.2, 0) is 0 Å². The maximum absolute atomic E-state index is 2.60. The molecule has 0 spiro atoms. The molecule has 2 aliphatic heterocycles. The van der Waals surface area contributed by atoms with Crippen molar-refractivity contribution in [2.75, 3.05) is 4.90 Å². The summed E-state index contributed by atoms with van der Waals surface area (Å²) < 4.78 is 0. The molecule has 0 amide bonds. The third-order valence-electron chi connectivity index (χ3n) is 9.30. The second-order valence-corrected chi connectivity index (χ2v) is 12.2. The van der Waals surface area contributed by atoms with Gasteiger partial charge in [0.15, 0.2) is 0 Å². The lowest BCUT2D eigenvalue weighted by Gasteiger charge is -2.45. The molecule has 0 saturated heterocycles. The molecule has 194 valence electrons. The molecular weight excluding hydrogens is 480 g/mol. The number of hydrogen-bond donors (Lipinski definition) is 0. The zero-order chi connectivity index (χ0) is 27.9. The Bertz CT molecular complexity index is 1680. The van der Waals surface area contributed by atoms with Crippen LogP contribution in [0.3, 0.4) is 0 Å². The Kier molecular flexibility index (Phi) is 5.65. The number of fused-ring (bicyclic) bond motifs is 4. The van der Waals surface area contributed by atoms with Gasteiger partial charge in [-0.3, -0.25) is 0 Å². The minimum atomic E-state index is 0.187. The average Bonchev–Trinajstić information content (AvgIpc) is 2.90. The first-order valence-corrected chi connectivity index (χ1v) is 14.5. The van der Waals surface area contributed by atoms with Gasteiger partial charge in [0.1, 0.15) is 0 Å². The van der Waals surface area contributed by atoms with E-state index in [9.17, 15) is 0 Å². The summed E-state index contributed by atoms with van der Waals surface area (Å²) in [6.45, 7) is 16.2. The van der Waals surface area contributed by atoms with Crippen molar-refractivity contribution in [2.45, 2.75) is 48.5 Å². The Morgan fingerprint density at radius 3 is 1.23 bits per heavy atom. The first-order chi connectivity index (χ1) is 19.2. The van der Waals surface area contributed by atoms with Gasteiger partial charge in [-0.25, -0.2) is 0 Å². The van der Waals surface area contributed by atoms with Gasteiger partial charge in [0.25, 0.3) is 0 Å². The smallest absolute Gasteiger partial charge is 0.247 e. The van der Waals surface area contributed by atoms with Crippen molar-refractivity contribution in [3.05, 3.63) is 124 Å². The minimum absolute atomic E-state index is 0.187. The lowest BCUT2D eigenvalue weighted by molar-refractivity contribution is 1.27. The highest BCUT2D eigenvalue weighted by Crippen LogP contribution is 2.38. The number of aryl methyl sites for hydroxylation is 7. The van der Waals surface area contributed by atoms with Crippen LogP contribution in [0.1, 0.15) is 38.9 Å². The van der Waals surface area contributed by atoms with Crippen molar-refractivity contribution >= 4 is 63.3 Å². The number of hydrogen-bond acceptors (Lipinski definition) is 1. The van der Waals surface area contributed by atoms with E-state index in [1.54, 1.807) is 0 Å². The summed E-state index contributed by atoms with van der Waals surface area (Å²) in [7, 11) is 0. The van der Waals surface area contributed by atoms with Gasteiger partial charge in [-0.05, 0) is 93.6 Å². The molecule has 0 aromatic heterocycles. The second-order valence-electron chi connectivity index (χ2n) is 12.2. The fourth-order valence-corrected chi connectivity index (χ4v) is 7.61. The van der Waals surface area contributed by atoms with Gasteiger partial charge in [-0.15, -0.1) is 0 Å². The third kappa shape index (κ3) is 3.57. The molecule has 0 N–H and O–H groups in total. The van der Waals surface area contributed by atoms with E-state index >= 15 is 0 Å². The zero-order valence-corrected chi connectivity index (χ0v) is 24.7. The fraction of sp³-hybridized carbons (Fsp3) is 0.189. The topological polar surface area (TPSA) is 3.24 Å². The van der Waals surface area contributed by atoms with Gasteiger partial charge in [-0.1, -0.05) is 112 Å². The van der Waals surface area contributed by atoms with E-state index in [0.29, 0.717) is 0 Å². The Balaban J connectivity index is 1.65. The molecule has 7 rings (SSSR count). The maximum Gasteiger partial charge on any atom is 0.247 e.